The van der Waals surface area contributed by atoms with Gasteiger partial charge in [-0.3, -0.25) is 4.90 Å². The van der Waals surface area contributed by atoms with E-state index in [-0.39, 0.29) is 6.10 Å². The van der Waals surface area contributed by atoms with Crippen LogP contribution in [0.15, 0.2) is 54.6 Å². The van der Waals surface area contributed by atoms with Gasteiger partial charge in [-0.1, -0.05) is 42.5 Å². The first kappa shape index (κ1) is 19.4. The molecule has 4 nitrogen and oxygen atoms in total. The normalized spacial score (nSPS) is 12.3. The van der Waals surface area contributed by atoms with Gasteiger partial charge in [-0.25, -0.2) is 0 Å². The van der Waals surface area contributed by atoms with Crippen molar-refractivity contribution in [1.82, 2.24) is 4.90 Å². The van der Waals surface area contributed by atoms with Crippen molar-refractivity contribution in [3.05, 3.63) is 65.7 Å². The maximum absolute atomic E-state index is 10.5. The van der Waals surface area contributed by atoms with Crippen LogP contribution in [0.25, 0.3) is 0 Å². The molecular weight excluding hydrogens is 314 g/mol. The van der Waals surface area contributed by atoms with Crippen LogP contribution in [-0.4, -0.2) is 50.0 Å². The lowest BCUT2D eigenvalue weighted by Gasteiger charge is -2.25. The first-order valence-corrected chi connectivity index (χ1v) is 8.77. The predicted molar refractivity (Wildman–Crippen MR) is 101 cm³/mol. The Morgan fingerprint density at radius 1 is 0.960 bits per heavy atom. The number of methoxy groups -OCH3 is 2. The number of benzene rings is 2. The van der Waals surface area contributed by atoms with E-state index in [2.05, 4.69) is 29.2 Å². The zero-order valence-corrected chi connectivity index (χ0v) is 15.2. The molecule has 0 amide bonds. The molecule has 0 spiro atoms. The lowest BCUT2D eigenvalue weighted by atomic mass is 10.1. The number of aliphatic hydroxyl groups is 1. The molecule has 0 aliphatic heterocycles. The molecular formula is C21H29NO3. The van der Waals surface area contributed by atoms with Gasteiger partial charge in [-0.2, -0.15) is 0 Å². The first-order valence-electron chi connectivity index (χ1n) is 8.77. The fourth-order valence-electron chi connectivity index (χ4n) is 2.91. The summed E-state index contributed by atoms with van der Waals surface area (Å²) in [6.45, 7) is 3.07. The molecule has 4 heteroatoms. The Hall–Kier alpha value is -1.88. The monoisotopic (exact) mass is 343 g/mol. The molecule has 0 aromatic heterocycles. The number of hydrogen-bond acceptors (Lipinski definition) is 4. The van der Waals surface area contributed by atoms with Crippen molar-refractivity contribution in [2.24, 2.45) is 0 Å². The highest BCUT2D eigenvalue weighted by atomic mass is 16.5. The summed E-state index contributed by atoms with van der Waals surface area (Å²) in [5.74, 6) is 0.860. The highest BCUT2D eigenvalue weighted by Crippen LogP contribution is 2.14. The summed E-state index contributed by atoms with van der Waals surface area (Å²) in [4.78, 5) is 2.29. The maximum atomic E-state index is 10.5. The van der Waals surface area contributed by atoms with Crippen LogP contribution in [0.4, 0.5) is 0 Å². The minimum absolute atomic E-state index is 0.386. The number of ether oxygens (including phenoxy) is 2. The molecule has 136 valence electrons. The number of rotatable bonds is 11. The molecule has 2 aromatic rings. The molecule has 0 heterocycles. The van der Waals surface area contributed by atoms with E-state index in [9.17, 15) is 5.11 Å². The zero-order chi connectivity index (χ0) is 17.9. The molecule has 25 heavy (non-hydrogen) atoms. The number of hydrogen-bond donors (Lipinski definition) is 1. The molecule has 0 bridgehead atoms. The van der Waals surface area contributed by atoms with Gasteiger partial charge in [0.15, 0.2) is 0 Å². The van der Waals surface area contributed by atoms with E-state index in [0.717, 1.165) is 37.4 Å². The van der Waals surface area contributed by atoms with E-state index >= 15 is 0 Å². The van der Waals surface area contributed by atoms with E-state index in [4.69, 9.17) is 9.47 Å². The van der Waals surface area contributed by atoms with E-state index in [0.29, 0.717) is 13.0 Å². The lowest BCUT2D eigenvalue weighted by molar-refractivity contribution is 0.0994. The molecule has 0 aliphatic carbocycles. The van der Waals surface area contributed by atoms with Gasteiger partial charge >= 0.3 is 0 Å². The third-order valence-electron chi connectivity index (χ3n) is 4.17. The minimum Gasteiger partial charge on any atom is -0.497 e. The Morgan fingerprint density at radius 3 is 2.32 bits per heavy atom. The zero-order valence-electron chi connectivity index (χ0n) is 15.2. The third kappa shape index (κ3) is 7.26. The fraction of sp³-hybridized carbons (Fsp3) is 0.429. The van der Waals surface area contributed by atoms with Gasteiger partial charge in [-0.15, -0.1) is 0 Å². The van der Waals surface area contributed by atoms with Crippen LogP contribution >= 0.6 is 0 Å². The second-order valence-electron chi connectivity index (χ2n) is 6.27. The highest BCUT2D eigenvalue weighted by molar-refractivity contribution is 5.27. The van der Waals surface area contributed by atoms with E-state index in [1.807, 2.05) is 30.3 Å². The Labute approximate surface area is 151 Å². The smallest absolute Gasteiger partial charge is 0.118 e. The van der Waals surface area contributed by atoms with Crippen LogP contribution in [0.1, 0.15) is 17.5 Å². The lowest BCUT2D eigenvalue weighted by Crippen LogP contribution is -2.34. The van der Waals surface area contributed by atoms with Gasteiger partial charge in [0, 0.05) is 33.4 Å². The summed E-state index contributed by atoms with van der Waals surface area (Å²) in [6, 6.07) is 18.2. The van der Waals surface area contributed by atoms with Gasteiger partial charge in [0.05, 0.1) is 13.2 Å². The van der Waals surface area contributed by atoms with Gasteiger partial charge in [0.2, 0.25) is 0 Å². The fourth-order valence-corrected chi connectivity index (χ4v) is 2.91. The summed E-state index contributed by atoms with van der Waals surface area (Å²) in [7, 11) is 3.39. The third-order valence-corrected chi connectivity index (χ3v) is 4.17. The molecule has 0 saturated carbocycles. The SMILES string of the molecule is COCCCN(Cc1ccc(OC)cc1)C[C@@H](O)Cc1ccccc1. The molecule has 0 radical (unpaired) electrons. The van der Waals surface area contributed by atoms with Crippen molar-refractivity contribution in [2.45, 2.75) is 25.5 Å². The molecule has 0 aliphatic rings. The van der Waals surface area contributed by atoms with E-state index in [1.54, 1.807) is 14.2 Å². The second kappa shape index (κ2) is 10.9. The average Bonchev–Trinajstić information content (AvgIpc) is 2.63. The topological polar surface area (TPSA) is 41.9 Å². The average molecular weight is 343 g/mol. The highest BCUT2D eigenvalue weighted by Gasteiger charge is 2.13. The van der Waals surface area contributed by atoms with Crippen LogP contribution in [0.2, 0.25) is 0 Å². The Balaban J connectivity index is 1.93. The Morgan fingerprint density at radius 2 is 1.68 bits per heavy atom. The second-order valence-corrected chi connectivity index (χ2v) is 6.27. The minimum atomic E-state index is -0.386. The van der Waals surface area contributed by atoms with Gasteiger partial charge in [-0.05, 0) is 36.1 Å². The van der Waals surface area contributed by atoms with Crippen LogP contribution < -0.4 is 4.74 Å². The van der Waals surface area contributed by atoms with Crippen molar-refractivity contribution in [3.63, 3.8) is 0 Å². The predicted octanol–water partition coefficient (Wildman–Crippen LogP) is 3.14. The summed E-state index contributed by atoms with van der Waals surface area (Å²) >= 11 is 0. The molecule has 2 aromatic carbocycles. The van der Waals surface area contributed by atoms with Crippen molar-refractivity contribution >= 4 is 0 Å². The van der Waals surface area contributed by atoms with Crippen molar-refractivity contribution in [2.75, 3.05) is 33.9 Å². The molecule has 2 rings (SSSR count). The number of nitrogens with zero attached hydrogens (tertiary/aromatic N) is 1. The molecule has 0 fully saturated rings. The Kier molecular flexibility index (Phi) is 8.46. The quantitative estimate of drug-likeness (QED) is 0.637. The van der Waals surface area contributed by atoms with E-state index in [1.165, 1.54) is 5.56 Å². The van der Waals surface area contributed by atoms with Gasteiger partial charge in [0.25, 0.3) is 0 Å². The van der Waals surface area contributed by atoms with Crippen LogP contribution in [0.3, 0.4) is 0 Å². The summed E-state index contributed by atoms with van der Waals surface area (Å²) in [5, 5.41) is 10.5. The van der Waals surface area contributed by atoms with Crippen molar-refractivity contribution < 1.29 is 14.6 Å². The van der Waals surface area contributed by atoms with Crippen LogP contribution in [0, 0.1) is 0 Å². The first-order chi connectivity index (χ1) is 12.2. The van der Waals surface area contributed by atoms with Crippen LogP contribution in [-0.2, 0) is 17.7 Å². The molecule has 1 atom stereocenters. The maximum Gasteiger partial charge on any atom is 0.118 e. The van der Waals surface area contributed by atoms with Gasteiger partial charge in [0.1, 0.15) is 5.75 Å². The Bertz CT molecular complexity index is 586. The van der Waals surface area contributed by atoms with Crippen molar-refractivity contribution in [3.8, 4) is 5.75 Å². The summed E-state index contributed by atoms with van der Waals surface area (Å²) < 4.78 is 10.4. The summed E-state index contributed by atoms with van der Waals surface area (Å²) in [6.07, 6.45) is 1.23. The van der Waals surface area contributed by atoms with Crippen molar-refractivity contribution in [1.29, 1.82) is 0 Å². The van der Waals surface area contributed by atoms with E-state index < -0.39 is 0 Å². The molecule has 0 unspecified atom stereocenters. The van der Waals surface area contributed by atoms with Crippen LogP contribution in [0.5, 0.6) is 5.75 Å². The number of aliphatic hydroxyl groups excluding tert-OH is 1. The molecule has 1 N–H and O–H groups in total. The molecule has 0 saturated heterocycles. The van der Waals surface area contributed by atoms with Gasteiger partial charge < -0.3 is 14.6 Å². The standard InChI is InChI=1S/C21H29NO3/c1-24-14-6-13-22(16-19-9-11-21(25-2)12-10-19)17-20(23)15-18-7-4-3-5-8-18/h3-5,7-12,20,23H,6,13-17H2,1-2H3/t20-/m0/s1. The summed E-state index contributed by atoms with van der Waals surface area (Å²) in [5.41, 5.74) is 2.38. The largest absolute Gasteiger partial charge is 0.497 e.